The Kier molecular flexibility index (Phi) is 1.88. The van der Waals surface area contributed by atoms with E-state index in [0.29, 0.717) is 12.5 Å². The smallest absolute Gasteiger partial charge is 0.349 e. The van der Waals surface area contributed by atoms with Crippen molar-refractivity contribution in [1.29, 1.82) is 0 Å². The number of hydrogen-bond acceptors (Lipinski definition) is 4. The van der Waals surface area contributed by atoms with Crippen molar-refractivity contribution in [2.75, 3.05) is 6.54 Å². The zero-order valence-corrected chi connectivity index (χ0v) is 6.87. The molecule has 1 aliphatic rings. The van der Waals surface area contributed by atoms with E-state index in [-0.39, 0.29) is 5.82 Å². The number of nitrogens with one attached hydrogen (secondary N) is 2. The van der Waals surface area contributed by atoms with Crippen LogP contribution in [0, 0.1) is 5.92 Å². The molecule has 70 valence electrons. The predicted molar refractivity (Wildman–Crippen MR) is 42.2 cm³/mol. The Labute approximate surface area is 73.3 Å². The quantitative estimate of drug-likeness (QED) is 0.661. The second kappa shape index (κ2) is 3.04. The molecular formula is C7H9N3O3. The van der Waals surface area contributed by atoms with Crippen molar-refractivity contribution < 1.29 is 9.32 Å². The van der Waals surface area contributed by atoms with Crippen LogP contribution in [0.25, 0.3) is 0 Å². The molecule has 6 heteroatoms. The number of aromatic nitrogens is 2. The second-order valence-corrected chi connectivity index (χ2v) is 3.10. The summed E-state index contributed by atoms with van der Waals surface area (Å²) in [4.78, 5) is 23.8. The number of aromatic amines is 1. The molecule has 1 aromatic heterocycles. The van der Waals surface area contributed by atoms with Crippen LogP contribution in [0.1, 0.15) is 23.5 Å². The molecule has 0 bridgehead atoms. The lowest BCUT2D eigenvalue weighted by atomic mass is 10.4. The first-order chi connectivity index (χ1) is 6.25. The highest BCUT2D eigenvalue weighted by Gasteiger charge is 2.22. The molecule has 2 N–H and O–H groups in total. The van der Waals surface area contributed by atoms with E-state index in [4.69, 9.17) is 0 Å². The molecule has 1 aromatic rings. The number of H-pyrrole nitrogens is 1. The summed E-state index contributed by atoms with van der Waals surface area (Å²) in [5.41, 5.74) is 0. The summed E-state index contributed by atoms with van der Waals surface area (Å²) in [6.07, 6.45) is 2.32. The van der Waals surface area contributed by atoms with E-state index >= 15 is 0 Å². The van der Waals surface area contributed by atoms with Crippen LogP contribution >= 0.6 is 0 Å². The average molecular weight is 183 g/mol. The Morgan fingerprint density at radius 1 is 1.69 bits per heavy atom. The van der Waals surface area contributed by atoms with E-state index in [0.717, 1.165) is 12.8 Å². The van der Waals surface area contributed by atoms with E-state index in [1.165, 1.54) is 0 Å². The van der Waals surface area contributed by atoms with Crippen molar-refractivity contribution in [1.82, 2.24) is 15.5 Å². The van der Waals surface area contributed by atoms with Gasteiger partial charge in [0.15, 0.2) is 0 Å². The fourth-order valence-electron chi connectivity index (χ4n) is 0.970. The molecular weight excluding hydrogens is 174 g/mol. The van der Waals surface area contributed by atoms with Gasteiger partial charge < -0.3 is 5.32 Å². The Bertz CT molecular complexity index is 363. The Morgan fingerprint density at radius 2 is 2.46 bits per heavy atom. The molecule has 0 radical (unpaired) electrons. The van der Waals surface area contributed by atoms with Crippen molar-refractivity contribution in [3.05, 3.63) is 16.4 Å². The molecule has 0 spiro atoms. The molecule has 1 saturated carbocycles. The first kappa shape index (κ1) is 8.03. The van der Waals surface area contributed by atoms with E-state index < -0.39 is 11.7 Å². The third-order valence-electron chi connectivity index (χ3n) is 1.90. The van der Waals surface area contributed by atoms with Crippen LogP contribution in [0.4, 0.5) is 0 Å². The lowest BCUT2D eigenvalue weighted by Crippen LogP contribution is -2.26. The van der Waals surface area contributed by atoms with E-state index in [1.54, 1.807) is 0 Å². The fourth-order valence-corrected chi connectivity index (χ4v) is 0.970. The molecule has 2 rings (SSSR count). The highest BCUT2D eigenvalue weighted by molar-refractivity contribution is 5.90. The van der Waals surface area contributed by atoms with Gasteiger partial charge in [0.1, 0.15) is 0 Å². The summed E-state index contributed by atoms with van der Waals surface area (Å²) >= 11 is 0. The predicted octanol–water partition coefficient (Wildman–Crippen LogP) is -0.497. The first-order valence-corrected chi connectivity index (χ1v) is 4.10. The number of nitrogens with zero attached hydrogens (tertiary/aromatic N) is 1. The summed E-state index contributed by atoms with van der Waals surface area (Å²) in [7, 11) is 0. The Hall–Kier alpha value is -1.59. The zero-order chi connectivity index (χ0) is 9.26. The molecule has 0 saturated heterocycles. The fraction of sp³-hybridized carbons (Fsp3) is 0.571. The highest BCUT2D eigenvalue weighted by atomic mass is 16.5. The summed E-state index contributed by atoms with van der Waals surface area (Å²) in [5.74, 6) is -0.567. The molecule has 1 aliphatic carbocycles. The average Bonchev–Trinajstić information content (AvgIpc) is 2.84. The van der Waals surface area contributed by atoms with Crippen molar-refractivity contribution in [2.45, 2.75) is 12.8 Å². The number of carbonyl (C=O) groups excluding carboxylic acids is 1. The number of hydrogen-bond donors (Lipinski definition) is 2. The van der Waals surface area contributed by atoms with Gasteiger partial charge in [-0.25, -0.2) is 4.79 Å². The number of rotatable bonds is 3. The van der Waals surface area contributed by atoms with Crippen molar-refractivity contribution >= 4 is 5.91 Å². The molecule has 0 aliphatic heterocycles. The molecule has 0 unspecified atom stereocenters. The second-order valence-electron chi connectivity index (χ2n) is 3.10. The molecule has 1 heterocycles. The maximum Gasteiger partial charge on any atom is 0.439 e. The van der Waals surface area contributed by atoms with Crippen molar-refractivity contribution in [3.63, 3.8) is 0 Å². The highest BCUT2D eigenvalue weighted by Crippen LogP contribution is 2.27. The minimum absolute atomic E-state index is 0.0642. The molecule has 0 aromatic carbocycles. The van der Waals surface area contributed by atoms with Gasteiger partial charge in [-0.3, -0.25) is 14.3 Å². The molecule has 0 atom stereocenters. The summed E-state index contributed by atoms with van der Waals surface area (Å²) < 4.78 is 4.19. The normalized spacial score (nSPS) is 15.7. The maximum absolute atomic E-state index is 11.2. The van der Waals surface area contributed by atoms with Crippen LogP contribution in [-0.4, -0.2) is 22.6 Å². The monoisotopic (exact) mass is 183 g/mol. The van der Waals surface area contributed by atoms with Gasteiger partial charge in [0.05, 0.1) is 0 Å². The van der Waals surface area contributed by atoms with Gasteiger partial charge in [-0.15, -0.1) is 0 Å². The summed E-state index contributed by atoms with van der Waals surface area (Å²) in [6.45, 7) is 0.647. The van der Waals surface area contributed by atoms with Gasteiger partial charge in [-0.1, -0.05) is 0 Å². The summed E-state index contributed by atoms with van der Waals surface area (Å²) in [5, 5.41) is 5.90. The van der Waals surface area contributed by atoms with Crippen LogP contribution in [0.5, 0.6) is 0 Å². The molecule has 1 amide bonds. The van der Waals surface area contributed by atoms with E-state index in [9.17, 15) is 9.59 Å². The topological polar surface area (TPSA) is 88.0 Å². The van der Waals surface area contributed by atoms with Gasteiger partial charge in [0, 0.05) is 6.54 Å². The third kappa shape index (κ3) is 1.95. The summed E-state index contributed by atoms with van der Waals surface area (Å²) in [6, 6.07) is 0. The molecule has 13 heavy (non-hydrogen) atoms. The van der Waals surface area contributed by atoms with Gasteiger partial charge in [-0.05, 0) is 23.9 Å². The number of amides is 1. The van der Waals surface area contributed by atoms with Gasteiger partial charge in [0.2, 0.25) is 5.82 Å². The van der Waals surface area contributed by atoms with Crippen LogP contribution in [0.15, 0.2) is 9.32 Å². The van der Waals surface area contributed by atoms with E-state index in [2.05, 4.69) is 20.0 Å². The molecule has 6 nitrogen and oxygen atoms in total. The van der Waals surface area contributed by atoms with Crippen LogP contribution in [-0.2, 0) is 0 Å². The van der Waals surface area contributed by atoms with Crippen LogP contribution in [0.3, 0.4) is 0 Å². The van der Waals surface area contributed by atoms with Gasteiger partial charge in [-0.2, -0.15) is 0 Å². The Balaban J connectivity index is 1.92. The lowest BCUT2D eigenvalue weighted by Gasteiger charge is -1.98. The minimum Gasteiger partial charge on any atom is -0.349 e. The first-order valence-electron chi connectivity index (χ1n) is 4.10. The zero-order valence-electron chi connectivity index (χ0n) is 6.87. The Morgan fingerprint density at radius 3 is 3.00 bits per heavy atom. The van der Waals surface area contributed by atoms with Gasteiger partial charge in [0.25, 0.3) is 5.91 Å². The largest absolute Gasteiger partial charge is 0.439 e. The van der Waals surface area contributed by atoms with E-state index in [1.807, 2.05) is 0 Å². The minimum atomic E-state index is -0.712. The standard InChI is InChI=1S/C7H9N3O3/c11-6(8-3-4-1-2-4)5-9-7(12)13-10-5/h4H,1-3H2,(H,8,11)(H,9,10,12). The van der Waals surface area contributed by atoms with Crippen molar-refractivity contribution in [2.24, 2.45) is 5.92 Å². The van der Waals surface area contributed by atoms with Crippen LogP contribution in [0.2, 0.25) is 0 Å². The van der Waals surface area contributed by atoms with Crippen LogP contribution < -0.4 is 11.1 Å². The number of carbonyl (C=O) groups is 1. The third-order valence-corrected chi connectivity index (χ3v) is 1.90. The maximum atomic E-state index is 11.2. The molecule has 1 fully saturated rings. The SMILES string of the molecule is O=C(NCC1CC1)c1noc(=O)[nH]1. The van der Waals surface area contributed by atoms with Gasteiger partial charge >= 0.3 is 5.76 Å². The van der Waals surface area contributed by atoms with Crippen molar-refractivity contribution in [3.8, 4) is 0 Å². The lowest BCUT2D eigenvalue weighted by molar-refractivity contribution is 0.0938.